The molecule has 0 amide bonds. The van der Waals surface area contributed by atoms with Gasteiger partial charge in [0.15, 0.2) is 0 Å². The summed E-state index contributed by atoms with van der Waals surface area (Å²) < 4.78 is 6.12. The molecule has 0 unspecified atom stereocenters. The number of hydrogen-bond donors (Lipinski definition) is 1. The summed E-state index contributed by atoms with van der Waals surface area (Å²) in [6.07, 6.45) is 2.06. The molecule has 106 valence electrons. The molecule has 6 nitrogen and oxygen atoms in total. The Labute approximate surface area is 124 Å². The van der Waals surface area contributed by atoms with Gasteiger partial charge < -0.3 is 5.11 Å². The van der Waals surface area contributed by atoms with E-state index in [-0.39, 0.29) is 0 Å². The van der Waals surface area contributed by atoms with Crippen molar-refractivity contribution in [3.63, 3.8) is 0 Å². The molecule has 21 heavy (non-hydrogen) atoms. The van der Waals surface area contributed by atoms with Gasteiger partial charge in [-0.3, -0.25) is 0 Å². The van der Waals surface area contributed by atoms with E-state index < -0.39 is 5.97 Å². The molecule has 1 saturated carbocycles. The zero-order valence-corrected chi connectivity index (χ0v) is 12.1. The van der Waals surface area contributed by atoms with Crippen molar-refractivity contribution in [2.24, 2.45) is 7.05 Å². The number of carboxylic acids is 1. The molecule has 0 radical (unpaired) electrons. The van der Waals surface area contributed by atoms with E-state index in [4.69, 9.17) is 0 Å². The van der Waals surface area contributed by atoms with Gasteiger partial charge in [-0.25, -0.2) is 9.48 Å². The highest BCUT2D eigenvalue weighted by atomic mass is 32.1. The second-order valence-corrected chi connectivity index (χ2v) is 6.01. The fraction of sp³-hybridized carbons (Fsp3) is 0.286. The second-order valence-electron chi connectivity index (χ2n) is 5.24. The Morgan fingerprint density at radius 3 is 2.95 bits per heavy atom. The van der Waals surface area contributed by atoms with Crippen LogP contribution < -0.4 is 0 Å². The summed E-state index contributed by atoms with van der Waals surface area (Å²) in [4.78, 5) is 11.8. The Morgan fingerprint density at radius 1 is 1.43 bits per heavy atom. The molecule has 0 bridgehead atoms. The van der Waals surface area contributed by atoms with Crippen LogP contribution in [0, 0.1) is 0 Å². The van der Waals surface area contributed by atoms with Gasteiger partial charge >= 0.3 is 5.97 Å². The number of aryl methyl sites for hydroxylation is 1. The minimum Gasteiger partial charge on any atom is -0.477 e. The molecule has 1 aliphatic rings. The molecule has 1 aliphatic carbocycles. The normalized spacial score (nSPS) is 14.7. The summed E-state index contributed by atoms with van der Waals surface area (Å²) in [5.41, 5.74) is 4.17. The maximum absolute atomic E-state index is 11.4. The topological polar surface area (TPSA) is 80.9 Å². The third-order valence-electron chi connectivity index (χ3n) is 3.81. The third-order valence-corrected chi connectivity index (χ3v) is 4.66. The van der Waals surface area contributed by atoms with Crippen molar-refractivity contribution >= 4 is 28.5 Å². The molecule has 4 rings (SSSR count). The maximum Gasteiger partial charge on any atom is 0.347 e. The van der Waals surface area contributed by atoms with Crippen molar-refractivity contribution < 1.29 is 9.90 Å². The molecule has 1 aromatic carbocycles. The predicted octanol–water partition coefficient (Wildman–Crippen LogP) is 2.67. The van der Waals surface area contributed by atoms with Crippen LogP contribution in [0.4, 0.5) is 0 Å². The van der Waals surface area contributed by atoms with Gasteiger partial charge in [-0.15, -0.1) is 5.10 Å². The van der Waals surface area contributed by atoms with Crippen LogP contribution in [-0.2, 0) is 7.05 Å². The van der Waals surface area contributed by atoms with E-state index in [0.717, 1.165) is 52.2 Å². The first-order valence-electron chi connectivity index (χ1n) is 6.68. The van der Waals surface area contributed by atoms with Crippen molar-refractivity contribution in [2.75, 3.05) is 0 Å². The SMILES string of the molecule is Cn1nnc2c(-c3nsc(C(=O)O)c3C3CC3)cccc21. The van der Waals surface area contributed by atoms with E-state index in [1.807, 2.05) is 25.2 Å². The highest BCUT2D eigenvalue weighted by Gasteiger charge is 2.34. The monoisotopic (exact) mass is 300 g/mol. The summed E-state index contributed by atoms with van der Waals surface area (Å²) in [6, 6.07) is 5.81. The Kier molecular flexibility index (Phi) is 2.58. The average Bonchev–Trinajstić information content (AvgIpc) is 3.10. The Morgan fingerprint density at radius 2 is 2.24 bits per heavy atom. The fourth-order valence-corrected chi connectivity index (χ4v) is 3.46. The lowest BCUT2D eigenvalue weighted by atomic mass is 10.0. The van der Waals surface area contributed by atoms with Crippen LogP contribution in [0.5, 0.6) is 0 Å². The van der Waals surface area contributed by atoms with Crippen LogP contribution in [0.3, 0.4) is 0 Å². The van der Waals surface area contributed by atoms with Crippen molar-refractivity contribution in [3.8, 4) is 11.3 Å². The van der Waals surface area contributed by atoms with E-state index in [1.165, 1.54) is 0 Å². The van der Waals surface area contributed by atoms with Crippen LogP contribution in [0.15, 0.2) is 18.2 Å². The van der Waals surface area contributed by atoms with Crippen LogP contribution in [0.1, 0.15) is 34.0 Å². The lowest BCUT2D eigenvalue weighted by Gasteiger charge is -2.03. The van der Waals surface area contributed by atoms with E-state index >= 15 is 0 Å². The Hall–Kier alpha value is -2.28. The number of aromatic nitrogens is 4. The summed E-state index contributed by atoms with van der Waals surface area (Å²) >= 11 is 1.06. The Balaban J connectivity index is 1.99. The molecule has 3 aromatic rings. The third kappa shape index (κ3) is 1.84. The van der Waals surface area contributed by atoms with Gasteiger partial charge in [0.25, 0.3) is 0 Å². The first kappa shape index (κ1) is 12.5. The highest BCUT2D eigenvalue weighted by molar-refractivity contribution is 7.08. The van der Waals surface area contributed by atoms with E-state index in [0.29, 0.717) is 10.8 Å². The summed E-state index contributed by atoms with van der Waals surface area (Å²) in [5, 5.41) is 17.6. The summed E-state index contributed by atoms with van der Waals surface area (Å²) in [6.45, 7) is 0. The molecule has 1 N–H and O–H groups in total. The summed E-state index contributed by atoms with van der Waals surface area (Å²) in [5.74, 6) is -0.580. The smallest absolute Gasteiger partial charge is 0.347 e. The first-order chi connectivity index (χ1) is 10.2. The van der Waals surface area contributed by atoms with Crippen molar-refractivity contribution in [1.82, 2.24) is 19.4 Å². The molecule has 0 aliphatic heterocycles. The minimum atomic E-state index is -0.896. The van der Waals surface area contributed by atoms with Crippen molar-refractivity contribution in [3.05, 3.63) is 28.6 Å². The van der Waals surface area contributed by atoms with Gasteiger partial charge in [0.05, 0.1) is 11.2 Å². The number of aromatic carboxylic acids is 1. The molecule has 7 heteroatoms. The number of rotatable bonds is 3. The molecular formula is C14H12N4O2S. The first-order valence-corrected chi connectivity index (χ1v) is 7.46. The molecule has 0 saturated heterocycles. The second kappa shape index (κ2) is 4.36. The number of fused-ring (bicyclic) bond motifs is 1. The molecule has 0 spiro atoms. The number of carbonyl (C=O) groups is 1. The standard InChI is InChI=1S/C14H12N4O2S/c1-18-9-4-2-3-8(11(9)15-17-18)12-10(7-5-6-7)13(14(19)20)21-16-12/h2-4,7H,5-6H2,1H3,(H,19,20). The summed E-state index contributed by atoms with van der Waals surface area (Å²) in [7, 11) is 1.84. The van der Waals surface area contributed by atoms with Crippen LogP contribution >= 0.6 is 11.5 Å². The molecule has 1 fully saturated rings. The highest BCUT2D eigenvalue weighted by Crippen LogP contribution is 2.47. The van der Waals surface area contributed by atoms with Crippen LogP contribution in [0.2, 0.25) is 0 Å². The zero-order valence-electron chi connectivity index (χ0n) is 11.3. The van der Waals surface area contributed by atoms with Gasteiger partial charge in [-0.05, 0) is 36.4 Å². The number of hydrogen-bond acceptors (Lipinski definition) is 5. The van der Waals surface area contributed by atoms with E-state index in [9.17, 15) is 9.90 Å². The van der Waals surface area contributed by atoms with E-state index in [2.05, 4.69) is 14.7 Å². The van der Waals surface area contributed by atoms with Gasteiger partial charge in [-0.1, -0.05) is 17.3 Å². The fourth-order valence-electron chi connectivity index (χ4n) is 2.65. The van der Waals surface area contributed by atoms with Crippen LogP contribution in [0.25, 0.3) is 22.3 Å². The lowest BCUT2D eigenvalue weighted by Crippen LogP contribution is -1.97. The van der Waals surface area contributed by atoms with E-state index in [1.54, 1.807) is 4.68 Å². The van der Waals surface area contributed by atoms with Gasteiger partial charge in [-0.2, -0.15) is 4.37 Å². The maximum atomic E-state index is 11.4. The zero-order chi connectivity index (χ0) is 14.6. The van der Waals surface area contributed by atoms with Gasteiger partial charge in [0.1, 0.15) is 10.4 Å². The molecule has 2 aromatic heterocycles. The molecular weight excluding hydrogens is 288 g/mol. The predicted molar refractivity (Wildman–Crippen MR) is 78.6 cm³/mol. The lowest BCUT2D eigenvalue weighted by molar-refractivity contribution is 0.0701. The average molecular weight is 300 g/mol. The number of carboxylic acid groups (broad SMARTS) is 1. The number of benzene rings is 1. The van der Waals surface area contributed by atoms with Crippen molar-refractivity contribution in [2.45, 2.75) is 18.8 Å². The van der Waals surface area contributed by atoms with Gasteiger partial charge in [0, 0.05) is 18.2 Å². The number of nitrogens with zero attached hydrogens (tertiary/aromatic N) is 4. The quantitative estimate of drug-likeness (QED) is 0.804. The minimum absolute atomic E-state index is 0.316. The van der Waals surface area contributed by atoms with Crippen molar-refractivity contribution in [1.29, 1.82) is 0 Å². The van der Waals surface area contributed by atoms with Gasteiger partial charge in [0.2, 0.25) is 0 Å². The Bertz CT molecular complexity index is 863. The molecule has 0 atom stereocenters. The largest absolute Gasteiger partial charge is 0.477 e. The molecule has 2 heterocycles. The van der Waals surface area contributed by atoms with Crippen LogP contribution in [-0.4, -0.2) is 30.4 Å².